The second-order valence-corrected chi connectivity index (χ2v) is 4.55. The van der Waals surface area contributed by atoms with Gasteiger partial charge in [-0.25, -0.2) is 0 Å². The van der Waals surface area contributed by atoms with E-state index in [1.807, 2.05) is 0 Å². The summed E-state index contributed by atoms with van der Waals surface area (Å²) < 4.78 is 35.8. The standard InChI is InChI=1S/C7H9Cl2F3/c1-3-5(7(10,11)12)4(2)6(5,8)9/h4H,3H2,1-2H3. The fourth-order valence-corrected chi connectivity index (χ4v) is 2.89. The monoisotopic (exact) mass is 220 g/mol. The van der Waals surface area contributed by atoms with Crippen molar-refractivity contribution >= 4 is 23.2 Å². The van der Waals surface area contributed by atoms with Gasteiger partial charge in [-0.2, -0.15) is 13.2 Å². The summed E-state index contributed by atoms with van der Waals surface area (Å²) in [6, 6.07) is 0. The largest absolute Gasteiger partial charge is 0.397 e. The molecule has 5 heteroatoms. The van der Waals surface area contributed by atoms with Crippen molar-refractivity contribution in [3.05, 3.63) is 0 Å². The van der Waals surface area contributed by atoms with Crippen molar-refractivity contribution in [1.82, 2.24) is 0 Å². The molecule has 0 heterocycles. The molecule has 1 aliphatic carbocycles. The Morgan fingerprint density at radius 3 is 1.67 bits per heavy atom. The van der Waals surface area contributed by atoms with Crippen LogP contribution >= 0.6 is 23.2 Å². The molecule has 0 aromatic carbocycles. The van der Waals surface area contributed by atoms with Gasteiger partial charge in [0.2, 0.25) is 0 Å². The van der Waals surface area contributed by atoms with Gasteiger partial charge in [0.05, 0.1) is 0 Å². The molecule has 1 aliphatic rings. The quantitative estimate of drug-likeness (QED) is 0.591. The first-order chi connectivity index (χ1) is 5.22. The number of alkyl halides is 5. The lowest BCUT2D eigenvalue weighted by atomic mass is 10.0. The molecule has 0 nitrogen and oxygen atoms in total. The van der Waals surface area contributed by atoms with Crippen LogP contribution in [-0.2, 0) is 0 Å². The Hall–Kier alpha value is 0.370. The van der Waals surface area contributed by atoms with Crippen LogP contribution in [0.3, 0.4) is 0 Å². The van der Waals surface area contributed by atoms with Crippen LogP contribution in [0.4, 0.5) is 13.2 Å². The highest BCUT2D eigenvalue weighted by Crippen LogP contribution is 2.76. The minimum Gasteiger partial charge on any atom is -0.170 e. The van der Waals surface area contributed by atoms with Gasteiger partial charge in [0, 0.05) is 5.92 Å². The van der Waals surface area contributed by atoms with Crippen molar-refractivity contribution in [2.24, 2.45) is 11.3 Å². The first-order valence-corrected chi connectivity index (χ1v) is 4.42. The van der Waals surface area contributed by atoms with Gasteiger partial charge in [0.25, 0.3) is 0 Å². The minimum atomic E-state index is -4.30. The van der Waals surface area contributed by atoms with Crippen molar-refractivity contribution < 1.29 is 13.2 Å². The number of rotatable bonds is 1. The normalized spacial score (nSPS) is 39.8. The molecular formula is C7H9Cl2F3. The zero-order valence-corrected chi connectivity index (χ0v) is 8.19. The number of hydrogen-bond donors (Lipinski definition) is 0. The molecule has 0 bridgehead atoms. The third-order valence-electron chi connectivity index (χ3n) is 2.86. The molecule has 1 rings (SSSR count). The maximum atomic E-state index is 12.5. The van der Waals surface area contributed by atoms with E-state index in [0.29, 0.717) is 0 Å². The predicted octanol–water partition coefficient (Wildman–Crippen LogP) is 3.77. The molecule has 0 spiro atoms. The summed E-state index contributed by atoms with van der Waals surface area (Å²) in [6.45, 7) is 2.88. The van der Waals surface area contributed by atoms with Gasteiger partial charge in [0.1, 0.15) is 9.75 Å². The van der Waals surface area contributed by atoms with E-state index >= 15 is 0 Å². The Kier molecular flexibility index (Phi) is 2.13. The molecule has 12 heavy (non-hydrogen) atoms. The third kappa shape index (κ3) is 0.925. The van der Waals surface area contributed by atoms with Crippen LogP contribution in [0.25, 0.3) is 0 Å². The zero-order valence-electron chi connectivity index (χ0n) is 6.67. The Labute approximate surface area is 79.0 Å². The predicted molar refractivity (Wildman–Crippen MR) is 42.4 cm³/mol. The maximum Gasteiger partial charge on any atom is 0.397 e. The van der Waals surface area contributed by atoms with Gasteiger partial charge < -0.3 is 0 Å². The van der Waals surface area contributed by atoms with Crippen molar-refractivity contribution in [3.8, 4) is 0 Å². The summed E-state index contributed by atoms with van der Waals surface area (Å²) in [4.78, 5) is 0. The van der Waals surface area contributed by atoms with E-state index in [-0.39, 0.29) is 6.42 Å². The van der Waals surface area contributed by atoms with Crippen LogP contribution in [0.2, 0.25) is 0 Å². The van der Waals surface area contributed by atoms with Crippen LogP contribution in [0.1, 0.15) is 20.3 Å². The highest BCUT2D eigenvalue weighted by molar-refractivity contribution is 6.52. The lowest BCUT2D eigenvalue weighted by Crippen LogP contribution is -2.29. The summed E-state index contributed by atoms with van der Waals surface area (Å²) >= 11 is 11.1. The molecule has 0 saturated heterocycles. The first-order valence-electron chi connectivity index (χ1n) is 3.66. The van der Waals surface area contributed by atoms with Gasteiger partial charge in [-0.15, -0.1) is 23.2 Å². The van der Waals surface area contributed by atoms with E-state index in [4.69, 9.17) is 23.2 Å². The fourth-order valence-electron chi connectivity index (χ4n) is 1.82. The average molecular weight is 221 g/mol. The minimum absolute atomic E-state index is 0.0648. The molecule has 2 unspecified atom stereocenters. The van der Waals surface area contributed by atoms with Crippen LogP contribution in [0.5, 0.6) is 0 Å². The van der Waals surface area contributed by atoms with Crippen LogP contribution in [0, 0.1) is 11.3 Å². The molecule has 0 aromatic rings. The molecule has 0 aromatic heterocycles. The van der Waals surface area contributed by atoms with E-state index in [1.54, 1.807) is 0 Å². The molecule has 0 amide bonds. The van der Waals surface area contributed by atoms with Crippen molar-refractivity contribution in [3.63, 3.8) is 0 Å². The van der Waals surface area contributed by atoms with E-state index in [2.05, 4.69) is 0 Å². The topological polar surface area (TPSA) is 0 Å². The maximum absolute atomic E-state index is 12.5. The van der Waals surface area contributed by atoms with E-state index in [9.17, 15) is 13.2 Å². The second-order valence-electron chi connectivity index (χ2n) is 3.17. The van der Waals surface area contributed by atoms with E-state index < -0.39 is 21.8 Å². The smallest absolute Gasteiger partial charge is 0.170 e. The first kappa shape index (κ1) is 10.5. The molecule has 0 radical (unpaired) electrons. The molecule has 0 N–H and O–H groups in total. The summed E-state index contributed by atoms with van der Waals surface area (Å²) in [5, 5.41) is 0. The molecule has 72 valence electrons. The number of halogens is 5. The van der Waals surface area contributed by atoms with Crippen LogP contribution in [0.15, 0.2) is 0 Å². The van der Waals surface area contributed by atoms with Crippen LogP contribution < -0.4 is 0 Å². The third-order valence-corrected chi connectivity index (χ3v) is 4.19. The Morgan fingerprint density at radius 1 is 1.33 bits per heavy atom. The summed E-state index contributed by atoms with van der Waals surface area (Å²) in [6.07, 6.45) is -4.37. The summed E-state index contributed by atoms with van der Waals surface area (Å²) in [5.41, 5.74) is -1.89. The van der Waals surface area contributed by atoms with E-state index in [1.165, 1.54) is 13.8 Å². The molecule has 1 saturated carbocycles. The van der Waals surface area contributed by atoms with E-state index in [0.717, 1.165) is 0 Å². The highest BCUT2D eigenvalue weighted by Gasteiger charge is 2.83. The van der Waals surface area contributed by atoms with Gasteiger partial charge in [-0.3, -0.25) is 0 Å². The lowest BCUT2D eigenvalue weighted by molar-refractivity contribution is -0.192. The summed E-state index contributed by atoms with van der Waals surface area (Å²) in [5.74, 6) is -0.710. The molecule has 1 fully saturated rings. The Balaban J connectivity index is 2.99. The zero-order chi connectivity index (χ0) is 9.78. The van der Waals surface area contributed by atoms with Crippen molar-refractivity contribution in [1.29, 1.82) is 0 Å². The second kappa shape index (κ2) is 2.44. The molecule has 0 aliphatic heterocycles. The van der Waals surface area contributed by atoms with Gasteiger partial charge in [0.15, 0.2) is 0 Å². The number of hydrogen-bond acceptors (Lipinski definition) is 0. The van der Waals surface area contributed by atoms with Gasteiger partial charge in [-0.1, -0.05) is 13.8 Å². The summed E-state index contributed by atoms with van der Waals surface area (Å²) in [7, 11) is 0. The highest BCUT2D eigenvalue weighted by atomic mass is 35.5. The van der Waals surface area contributed by atoms with Crippen LogP contribution in [-0.4, -0.2) is 10.5 Å². The van der Waals surface area contributed by atoms with Gasteiger partial charge >= 0.3 is 6.18 Å². The Morgan fingerprint density at radius 2 is 1.67 bits per heavy atom. The lowest BCUT2D eigenvalue weighted by Gasteiger charge is -2.19. The SMILES string of the molecule is CCC1(C(F)(F)F)C(C)C1(Cl)Cl. The average Bonchev–Trinajstić information content (AvgIpc) is 2.28. The fraction of sp³-hybridized carbons (Fsp3) is 1.00. The Bertz CT molecular complexity index is 187. The molecule has 2 atom stereocenters. The van der Waals surface area contributed by atoms with Gasteiger partial charge in [-0.05, 0) is 6.42 Å². The van der Waals surface area contributed by atoms with Crippen molar-refractivity contribution in [2.45, 2.75) is 30.8 Å². The molecular weight excluding hydrogens is 212 g/mol. The van der Waals surface area contributed by atoms with Crippen molar-refractivity contribution in [2.75, 3.05) is 0 Å².